The Kier molecular flexibility index (Phi) is 5.31. The molecule has 0 saturated heterocycles. The topological polar surface area (TPSA) is 95.1 Å². The van der Waals surface area contributed by atoms with Gasteiger partial charge in [-0.2, -0.15) is 0 Å². The number of amides is 2. The lowest BCUT2D eigenvalue weighted by Crippen LogP contribution is -2.49. The number of aryl methyl sites for hydroxylation is 1. The zero-order chi connectivity index (χ0) is 22.2. The summed E-state index contributed by atoms with van der Waals surface area (Å²) in [5, 5.41) is 7.36. The summed E-state index contributed by atoms with van der Waals surface area (Å²) in [5.41, 5.74) is 4.41. The molecule has 0 radical (unpaired) electrons. The number of urea groups is 1. The Bertz CT molecular complexity index is 1210. The fourth-order valence-electron chi connectivity index (χ4n) is 3.63. The molecule has 0 atom stereocenters. The summed E-state index contributed by atoms with van der Waals surface area (Å²) in [5.74, 6) is 0. The third kappa shape index (κ3) is 4.63. The number of nitrogens with zero attached hydrogens (tertiary/aromatic N) is 3. The maximum Gasteiger partial charge on any atom is 0.318 e. The monoisotopic (exact) mass is 420 g/mol. The lowest BCUT2D eigenvalue weighted by Gasteiger charge is -2.30. The molecule has 0 aliphatic carbocycles. The average molecular weight is 421 g/mol. The number of hydrogen-bond acceptors (Lipinski definition) is 4. The Morgan fingerprint density at radius 2 is 2.03 bits per heavy atom. The van der Waals surface area contributed by atoms with Gasteiger partial charge in [-0.05, 0) is 51.0 Å². The van der Waals surface area contributed by atoms with Crippen LogP contribution in [0.15, 0.2) is 47.5 Å². The van der Waals surface area contributed by atoms with Crippen molar-refractivity contribution >= 4 is 34.0 Å². The predicted octanol–water partition coefficient (Wildman–Crippen LogP) is 3.60. The minimum Gasteiger partial charge on any atom is -0.354 e. The van der Waals surface area contributed by atoms with Gasteiger partial charge in [0.15, 0.2) is 0 Å². The Hall–Kier alpha value is -3.55. The van der Waals surface area contributed by atoms with Crippen LogP contribution in [0.3, 0.4) is 0 Å². The number of fused-ring (bicyclic) bond motifs is 1. The summed E-state index contributed by atoms with van der Waals surface area (Å²) in [6, 6.07) is 7.27. The van der Waals surface area contributed by atoms with Crippen LogP contribution in [0.5, 0.6) is 0 Å². The molecule has 0 unspecified atom stereocenters. The van der Waals surface area contributed by atoms with E-state index in [-0.39, 0.29) is 17.1 Å². The molecule has 8 nitrogen and oxygen atoms in total. The van der Waals surface area contributed by atoms with Gasteiger partial charge in [-0.1, -0.05) is 6.08 Å². The van der Waals surface area contributed by atoms with Crippen molar-refractivity contribution in [2.24, 2.45) is 7.05 Å². The number of hydrogen-bond donors (Lipinski definition) is 3. The lowest BCUT2D eigenvalue weighted by atomic mass is 10.0. The molecule has 31 heavy (non-hydrogen) atoms. The summed E-state index contributed by atoms with van der Waals surface area (Å²) < 4.78 is 1.54. The fourth-order valence-corrected chi connectivity index (χ4v) is 3.63. The number of pyridine rings is 2. The lowest BCUT2D eigenvalue weighted by molar-refractivity contribution is 0.193. The normalized spacial score (nSPS) is 14.5. The van der Waals surface area contributed by atoms with Crippen LogP contribution in [-0.2, 0) is 7.05 Å². The molecule has 4 rings (SSSR count). The van der Waals surface area contributed by atoms with E-state index in [2.05, 4.69) is 32.7 Å². The minimum atomic E-state index is -0.252. The van der Waals surface area contributed by atoms with Crippen LogP contribution in [0, 0.1) is 0 Å². The highest BCUT2D eigenvalue weighted by molar-refractivity contribution is 5.94. The van der Waals surface area contributed by atoms with Crippen molar-refractivity contribution in [1.29, 1.82) is 0 Å². The third-order valence-electron chi connectivity index (χ3n) is 5.22. The second-order valence-electron chi connectivity index (χ2n) is 8.90. The maximum atomic E-state index is 12.4. The summed E-state index contributed by atoms with van der Waals surface area (Å²) >= 11 is 0. The summed E-state index contributed by atoms with van der Waals surface area (Å²) in [6.45, 7) is 7.18. The van der Waals surface area contributed by atoms with Crippen LogP contribution >= 0.6 is 0 Å². The van der Waals surface area contributed by atoms with E-state index in [1.807, 2.05) is 31.7 Å². The first kappa shape index (κ1) is 20.7. The molecule has 1 aliphatic heterocycles. The molecule has 4 heterocycles. The zero-order valence-electron chi connectivity index (χ0n) is 18.3. The number of carbonyl (C=O) groups excluding carboxylic acids is 1. The number of H-pyrrole nitrogens is 1. The van der Waals surface area contributed by atoms with E-state index in [1.54, 1.807) is 25.5 Å². The number of aromatic nitrogens is 3. The summed E-state index contributed by atoms with van der Waals surface area (Å²) in [6.07, 6.45) is 6.38. The van der Waals surface area contributed by atoms with E-state index < -0.39 is 0 Å². The first-order chi connectivity index (χ1) is 14.7. The van der Waals surface area contributed by atoms with Gasteiger partial charge in [-0.15, -0.1) is 0 Å². The van der Waals surface area contributed by atoms with Crippen molar-refractivity contribution in [3.8, 4) is 0 Å². The van der Waals surface area contributed by atoms with E-state index in [9.17, 15) is 9.59 Å². The van der Waals surface area contributed by atoms with Gasteiger partial charge in [0.2, 0.25) is 5.56 Å². The van der Waals surface area contributed by atoms with Gasteiger partial charge in [0.25, 0.3) is 0 Å². The SMILES string of the molecule is Cn1cc(Nc2ccnc3[nH]c(C4=CCN(C(=O)NC(C)(C)C)CC4)cc23)ccc1=O. The largest absolute Gasteiger partial charge is 0.354 e. The Balaban J connectivity index is 1.55. The smallest absolute Gasteiger partial charge is 0.318 e. The first-order valence-corrected chi connectivity index (χ1v) is 10.4. The van der Waals surface area contributed by atoms with Gasteiger partial charge in [0.1, 0.15) is 5.65 Å². The first-order valence-electron chi connectivity index (χ1n) is 10.4. The van der Waals surface area contributed by atoms with E-state index in [1.165, 1.54) is 16.2 Å². The molecular weight excluding hydrogens is 392 g/mol. The van der Waals surface area contributed by atoms with Gasteiger partial charge in [0, 0.05) is 55.2 Å². The zero-order valence-corrected chi connectivity index (χ0v) is 18.3. The molecule has 0 bridgehead atoms. The summed E-state index contributed by atoms with van der Waals surface area (Å²) in [4.78, 5) is 33.7. The van der Waals surface area contributed by atoms with Gasteiger partial charge >= 0.3 is 6.03 Å². The molecule has 162 valence electrons. The van der Waals surface area contributed by atoms with Crippen molar-refractivity contribution < 1.29 is 4.79 Å². The number of anilines is 2. The molecular formula is C23H28N6O2. The van der Waals surface area contributed by atoms with Crippen molar-refractivity contribution in [2.45, 2.75) is 32.7 Å². The van der Waals surface area contributed by atoms with Crippen LogP contribution < -0.4 is 16.2 Å². The van der Waals surface area contributed by atoms with Crippen molar-refractivity contribution in [1.82, 2.24) is 24.8 Å². The highest BCUT2D eigenvalue weighted by atomic mass is 16.2. The van der Waals surface area contributed by atoms with Crippen LogP contribution in [0.25, 0.3) is 16.6 Å². The second-order valence-corrected chi connectivity index (χ2v) is 8.90. The van der Waals surface area contributed by atoms with Gasteiger partial charge < -0.3 is 25.1 Å². The van der Waals surface area contributed by atoms with Crippen molar-refractivity contribution in [3.63, 3.8) is 0 Å². The molecule has 0 spiro atoms. The molecule has 3 aromatic rings. The van der Waals surface area contributed by atoms with Crippen molar-refractivity contribution in [3.05, 3.63) is 58.8 Å². The number of nitrogens with one attached hydrogen (secondary N) is 3. The molecule has 8 heteroatoms. The number of rotatable bonds is 3. The molecule has 1 aliphatic rings. The minimum absolute atomic E-state index is 0.0372. The quantitative estimate of drug-likeness (QED) is 0.603. The Morgan fingerprint density at radius 3 is 2.71 bits per heavy atom. The average Bonchev–Trinajstić information content (AvgIpc) is 3.15. The van der Waals surface area contributed by atoms with Gasteiger partial charge in [-0.25, -0.2) is 9.78 Å². The van der Waals surface area contributed by atoms with E-state index in [0.29, 0.717) is 13.1 Å². The molecule has 3 aromatic heterocycles. The number of aromatic amines is 1. The van der Waals surface area contributed by atoms with Crippen LogP contribution in [0.2, 0.25) is 0 Å². The fraction of sp³-hybridized carbons (Fsp3) is 0.348. The molecule has 0 aromatic carbocycles. The molecule has 2 amide bonds. The van der Waals surface area contributed by atoms with Crippen LogP contribution in [0.1, 0.15) is 32.9 Å². The second kappa shape index (κ2) is 7.94. The predicted molar refractivity (Wildman–Crippen MR) is 124 cm³/mol. The van der Waals surface area contributed by atoms with Crippen LogP contribution in [0.4, 0.5) is 16.2 Å². The third-order valence-corrected chi connectivity index (χ3v) is 5.22. The van der Waals surface area contributed by atoms with Crippen molar-refractivity contribution in [2.75, 3.05) is 18.4 Å². The van der Waals surface area contributed by atoms with E-state index in [0.717, 1.165) is 34.5 Å². The Morgan fingerprint density at radius 1 is 1.23 bits per heavy atom. The van der Waals surface area contributed by atoms with Crippen LogP contribution in [-0.4, -0.2) is 44.1 Å². The summed E-state index contributed by atoms with van der Waals surface area (Å²) in [7, 11) is 1.73. The molecule has 0 fully saturated rings. The standard InChI is InChI=1S/C23H28N6O2/c1-23(2,3)27-22(31)29-11-8-15(9-12-29)19-13-17-18(7-10-24-21(17)26-19)25-16-5-6-20(30)28(4)14-16/h5-8,10,13-14H,9,11-12H2,1-4H3,(H,27,31)(H2,24,25,26). The number of carbonyl (C=O) groups is 1. The van der Waals surface area contributed by atoms with Gasteiger partial charge in [-0.3, -0.25) is 4.79 Å². The van der Waals surface area contributed by atoms with E-state index in [4.69, 9.17) is 0 Å². The molecule has 3 N–H and O–H groups in total. The Labute approximate surface area is 181 Å². The van der Waals surface area contributed by atoms with E-state index >= 15 is 0 Å². The maximum absolute atomic E-state index is 12.4. The van der Waals surface area contributed by atoms with Gasteiger partial charge in [0.05, 0.1) is 11.4 Å². The highest BCUT2D eigenvalue weighted by Gasteiger charge is 2.22. The highest BCUT2D eigenvalue weighted by Crippen LogP contribution is 2.30. The molecule has 0 saturated carbocycles.